The molecule has 0 radical (unpaired) electrons. The number of aromatic nitrogens is 5. The van der Waals surface area contributed by atoms with Crippen molar-refractivity contribution in [1.29, 1.82) is 0 Å². The van der Waals surface area contributed by atoms with Crippen molar-refractivity contribution in [3.63, 3.8) is 0 Å². The fourth-order valence-electron chi connectivity index (χ4n) is 4.30. The zero-order valence-corrected chi connectivity index (χ0v) is 19.9. The van der Waals surface area contributed by atoms with Crippen LogP contribution < -0.4 is 14.8 Å². The maximum Gasteiger partial charge on any atom is 0.272 e. The molecule has 0 aliphatic carbocycles. The highest BCUT2D eigenvalue weighted by molar-refractivity contribution is 5.95. The molecule has 0 saturated carbocycles. The number of aryl methyl sites for hydroxylation is 1. The summed E-state index contributed by atoms with van der Waals surface area (Å²) in [5, 5.41) is 16.0. The summed E-state index contributed by atoms with van der Waals surface area (Å²) in [5.74, 6) is 2.14. The molecule has 35 heavy (non-hydrogen) atoms. The summed E-state index contributed by atoms with van der Waals surface area (Å²) in [7, 11) is 1.62. The predicted molar refractivity (Wildman–Crippen MR) is 131 cm³/mol. The maximum absolute atomic E-state index is 12.8. The second kappa shape index (κ2) is 9.54. The van der Waals surface area contributed by atoms with Gasteiger partial charge in [0.05, 0.1) is 31.3 Å². The molecule has 1 amide bonds. The van der Waals surface area contributed by atoms with Gasteiger partial charge in [-0.25, -0.2) is 4.98 Å². The summed E-state index contributed by atoms with van der Waals surface area (Å²) in [4.78, 5) is 17.4. The SMILES string of the molecule is CCCOc1cccc([C@H]2CC(=O)Nc3c2c(C)nn3-c2nncc(-c3ccc(OC)cc3)n2)c1. The molecular weight excluding hydrogens is 444 g/mol. The molecule has 0 fully saturated rings. The van der Waals surface area contributed by atoms with E-state index in [1.165, 1.54) is 0 Å². The van der Waals surface area contributed by atoms with E-state index in [0.29, 0.717) is 24.5 Å². The van der Waals surface area contributed by atoms with Gasteiger partial charge in [0.2, 0.25) is 5.91 Å². The lowest BCUT2D eigenvalue weighted by molar-refractivity contribution is -0.116. The van der Waals surface area contributed by atoms with Crippen molar-refractivity contribution in [2.75, 3.05) is 19.0 Å². The molecule has 0 saturated heterocycles. The predicted octanol–water partition coefficient (Wildman–Crippen LogP) is 4.30. The maximum atomic E-state index is 12.8. The lowest BCUT2D eigenvalue weighted by Crippen LogP contribution is -2.25. The van der Waals surface area contributed by atoms with Crippen molar-refractivity contribution >= 4 is 11.7 Å². The molecule has 1 aliphatic rings. The van der Waals surface area contributed by atoms with Gasteiger partial charge in [0.25, 0.3) is 5.95 Å². The highest BCUT2D eigenvalue weighted by atomic mass is 16.5. The lowest BCUT2D eigenvalue weighted by Gasteiger charge is -2.24. The first kappa shape index (κ1) is 22.5. The Kier molecular flexibility index (Phi) is 6.13. The van der Waals surface area contributed by atoms with Crippen LogP contribution in [0.2, 0.25) is 0 Å². The largest absolute Gasteiger partial charge is 0.497 e. The van der Waals surface area contributed by atoms with Crippen LogP contribution in [0, 0.1) is 6.92 Å². The Morgan fingerprint density at radius 3 is 2.74 bits per heavy atom. The average Bonchev–Trinajstić information content (AvgIpc) is 3.23. The Labute approximate surface area is 203 Å². The minimum atomic E-state index is -0.157. The van der Waals surface area contributed by atoms with Crippen LogP contribution in [0.25, 0.3) is 17.2 Å². The minimum Gasteiger partial charge on any atom is -0.497 e. The number of amides is 1. The summed E-state index contributed by atoms with van der Waals surface area (Å²) < 4.78 is 12.6. The van der Waals surface area contributed by atoms with E-state index in [0.717, 1.165) is 40.3 Å². The van der Waals surface area contributed by atoms with E-state index in [9.17, 15) is 4.79 Å². The third-order valence-corrected chi connectivity index (χ3v) is 5.96. The van der Waals surface area contributed by atoms with Gasteiger partial charge in [-0.05, 0) is 55.3 Å². The molecule has 2 aromatic heterocycles. The Bertz CT molecular complexity index is 1370. The number of benzene rings is 2. The van der Waals surface area contributed by atoms with E-state index in [2.05, 4.69) is 27.4 Å². The van der Waals surface area contributed by atoms with Crippen molar-refractivity contribution in [3.05, 3.63) is 71.5 Å². The standard InChI is InChI=1S/C26H26N6O3/c1-4-12-35-20-7-5-6-18(13-20)21-14-23(33)29-25-24(21)16(2)31-32(25)26-28-22(15-27-30-26)17-8-10-19(34-3)11-9-17/h5-11,13,15,21H,4,12,14H2,1-3H3,(H,29,33)/t21-/m1/s1. The summed E-state index contributed by atoms with van der Waals surface area (Å²) in [5.41, 5.74) is 4.24. The lowest BCUT2D eigenvalue weighted by atomic mass is 9.86. The van der Waals surface area contributed by atoms with Crippen molar-refractivity contribution < 1.29 is 14.3 Å². The molecule has 0 spiro atoms. The van der Waals surface area contributed by atoms with Crippen molar-refractivity contribution in [2.45, 2.75) is 32.6 Å². The van der Waals surface area contributed by atoms with Gasteiger partial charge in [-0.1, -0.05) is 19.1 Å². The van der Waals surface area contributed by atoms with Crippen LogP contribution in [0.1, 0.15) is 42.5 Å². The number of rotatable bonds is 7. The van der Waals surface area contributed by atoms with Gasteiger partial charge in [-0.3, -0.25) is 4.79 Å². The minimum absolute atomic E-state index is 0.0946. The highest BCUT2D eigenvalue weighted by Crippen LogP contribution is 2.40. The number of fused-ring (bicyclic) bond motifs is 1. The van der Waals surface area contributed by atoms with Crippen molar-refractivity contribution in [3.8, 4) is 28.7 Å². The van der Waals surface area contributed by atoms with E-state index < -0.39 is 0 Å². The van der Waals surface area contributed by atoms with E-state index in [4.69, 9.17) is 14.6 Å². The highest BCUT2D eigenvalue weighted by Gasteiger charge is 2.33. The molecule has 9 nitrogen and oxygen atoms in total. The fourth-order valence-corrected chi connectivity index (χ4v) is 4.30. The monoisotopic (exact) mass is 470 g/mol. The molecule has 0 unspecified atom stereocenters. The van der Waals surface area contributed by atoms with Crippen LogP contribution in [0.5, 0.6) is 11.5 Å². The van der Waals surface area contributed by atoms with Crippen LogP contribution in [0.4, 0.5) is 5.82 Å². The number of carbonyl (C=O) groups is 1. The molecule has 0 bridgehead atoms. The number of methoxy groups -OCH3 is 1. The second-order valence-electron chi connectivity index (χ2n) is 8.36. The van der Waals surface area contributed by atoms with Crippen molar-refractivity contribution in [1.82, 2.24) is 25.0 Å². The van der Waals surface area contributed by atoms with Gasteiger partial charge in [0.1, 0.15) is 17.3 Å². The van der Waals surface area contributed by atoms with E-state index in [-0.39, 0.29) is 17.8 Å². The van der Waals surface area contributed by atoms with E-state index >= 15 is 0 Å². The molecule has 2 aromatic carbocycles. The number of nitrogens with zero attached hydrogens (tertiary/aromatic N) is 5. The van der Waals surface area contributed by atoms with Crippen LogP contribution in [-0.4, -0.2) is 44.6 Å². The number of anilines is 1. The second-order valence-corrected chi connectivity index (χ2v) is 8.36. The molecule has 9 heteroatoms. The average molecular weight is 471 g/mol. The molecule has 1 atom stereocenters. The first-order valence-electron chi connectivity index (χ1n) is 11.5. The normalized spacial score (nSPS) is 14.8. The van der Waals surface area contributed by atoms with Gasteiger partial charge in [0.15, 0.2) is 0 Å². The number of ether oxygens (including phenoxy) is 2. The Morgan fingerprint density at radius 2 is 1.97 bits per heavy atom. The Hall–Kier alpha value is -4.27. The fraction of sp³-hybridized carbons (Fsp3) is 0.269. The third kappa shape index (κ3) is 4.44. The van der Waals surface area contributed by atoms with Gasteiger partial charge < -0.3 is 14.8 Å². The smallest absolute Gasteiger partial charge is 0.272 e. The third-order valence-electron chi connectivity index (χ3n) is 5.96. The summed E-state index contributed by atoms with van der Waals surface area (Å²) in [6.07, 6.45) is 2.84. The molecular formula is C26H26N6O3. The summed E-state index contributed by atoms with van der Waals surface area (Å²) >= 11 is 0. The van der Waals surface area contributed by atoms with Crippen LogP contribution in [0.3, 0.4) is 0 Å². The number of hydrogen-bond acceptors (Lipinski definition) is 7. The number of hydrogen-bond donors (Lipinski definition) is 1. The van der Waals surface area contributed by atoms with E-state index in [1.807, 2.05) is 55.5 Å². The number of carbonyl (C=O) groups excluding carboxylic acids is 1. The molecule has 5 rings (SSSR count). The van der Waals surface area contributed by atoms with Crippen LogP contribution in [-0.2, 0) is 4.79 Å². The summed E-state index contributed by atoms with van der Waals surface area (Å²) in [6.45, 7) is 4.64. The molecule has 4 aromatic rings. The Morgan fingerprint density at radius 1 is 1.14 bits per heavy atom. The first-order chi connectivity index (χ1) is 17.1. The van der Waals surface area contributed by atoms with E-state index in [1.54, 1.807) is 18.0 Å². The number of nitrogens with one attached hydrogen (secondary N) is 1. The van der Waals surface area contributed by atoms with Crippen LogP contribution >= 0.6 is 0 Å². The molecule has 1 aliphatic heterocycles. The molecule has 1 N–H and O–H groups in total. The quantitative estimate of drug-likeness (QED) is 0.429. The van der Waals surface area contributed by atoms with Crippen LogP contribution in [0.15, 0.2) is 54.7 Å². The zero-order chi connectivity index (χ0) is 24.4. The van der Waals surface area contributed by atoms with Gasteiger partial charge in [0, 0.05) is 23.5 Å². The summed E-state index contributed by atoms with van der Waals surface area (Å²) in [6, 6.07) is 15.4. The first-order valence-corrected chi connectivity index (χ1v) is 11.5. The van der Waals surface area contributed by atoms with Gasteiger partial charge in [-0.2, -0.15) is 14.9 Å². The Balaban J connectivity index is 1.54. The van der Waals surface area contributed by atoms with Crippen molar-refractivity contribution in [2.24, 2.45) is 0 Å². The molecule has 3 heterocycles. The topological polar surface area (TPSA) is 104 Å². The van der Waals surface area contributed by atoms with Gasteiger partial charge in [-0.15, -0.1) is 5.10 Å². The van der Waals surface area contributed by atoms with Gasteiger partial charge >= 0.3 is 0 Å². The zero-order valence-electron chi connectivity index (χ0n) is 19.9. The molecule has 178 valence electrons.